The number of carboxylic acid groups (broad SMARTS) is 1. The number of rotatable bonds is 7. The normalized spacial score (nSPS) is 16.1. The molecule has 0 aliphatic heterocycles. The molecule has 4 N–H and O–H groups in total. The Labute approximate surface area is 143 Å². The van der Waals surface area contributed by atoms with Crippen molar-refractivity contribution in [3.63, 3.8) is 0 Å². The quantitative estimate of drug-likeness (QED) is 0.320. The Morgan fingerprint density at radius 2 is 1.55 bits per heavy atom. The van der Waals surface area contributed by atoms with E-state index >= 15 is 0 Å². The van der Waals surface area contributed by atoms with Gasteiger partial charge < -0.3 is 26.3 Å². The molecule has 0 heterocycles. The minimum atomic E-state index is -1.39. The molecule has 0 aromatic rings. The van der Waals surface area contributed by atoms with Crippen molar-refractivity contribution >= 4 is 27.0 Å². The SMILES string of the molecule is CC(P)CC(N)C(=O)N[C@@H](C)C(=O)N[C@@H](C)C(=O)[O-].[Na+]. The molecule has 0 bridgehead atoms. The van der Waals surface area contributed by atoms with Gasteiger partial charge in [-0.2, -0.15) is 0 Å². The summed E-state index contributed by atoms with van der Waals surface area (Å²) < 4.78 is 0. The number of hydrogen-bond donors (Lipinski definition) is 3. The molecule has 0 saturated heterocycles. The van der Waals surface area contributed by atoms with Gasteiger partial charge in [0.15, 0.2) is 0 Å². The predicted molar refractivity (Wildman–Crippen MR) is 72.0 cm³/mol. The number of amides is 2. The van der Waals surface area contributed by atoms with Crippen molar-refractivity contribution in [1.29, 1.82) is 0 Å². The first-order valence-corrected chi connectivity index (χ1v) is 6.64. The summed E-state index contributed by atoms with van der Waals surface area (Å²) in [6.45, 7) is 4.63. The van der Waals surface area contributed by atoms with Crippen LogP contribution in [0.15, 0.2) is 0 Å². The second-order valence-corrected chi connectivity index (χ2v) is 5.74. The van der Waals surface area contributed by atoms with Gasteiger partial charge in [-0.3, -0.25) is 9.59 Å². The average Bonchev–Trinajstić information content (AvgIpc) is 2.27. The van der Waals surface area contributed by atoms with Gasteiger partial charge in [0.2, 0.25) is 11.8 Å². The van der Waals surface area contributed by atoms with Crippen LogP contribution in [-0.4, -0.2) is 41.6 Å². The van der Waals surface area contributed by atoms with Gasteiger partial charge in [-0.25, -0.2) is 0 Å². The average molecular weight is 313 g/mol. The van der Waals surface area contributed by atoms with E-state index in [2.05, 4.69) is 19.9 Å². The molecule has 20 heavy (non-hydrogen) atoms. The summed E-state index contributed by atoms with van der Waals surface area (Å²) in [5.74, 6) is -2.44. The fraction of sp³-hybridized carbons (Fsp3) is 0.727. The Morgan fingerprint density at radius 3 is 1.95 bits per heavy atom. The van der Waals surface area contributed by atoms with Crippen LogP contribution in [0.1, 0.15) is 27.2 Å². The van der Waals surface area contributed by atoms with Crippen molar-refractivity contribution in [1.82, 2.24) is 10.6 Å². The van der Waals surface area contributed by atoms with Crippen LogP contribution in [0.4, 0.5) is 0 Å². The molecule has 3 unspecified atom stereocenters. The van der Waals surface area contributed by atoms with Crippen LogP contribution in [0.5, 0.6) is 0 Å². The van der Waals surface area contributed by atoms with E-state index in [9.17, 15) is 19.5 Å². The molecule has 0 aliphatic rings. The molecule has 0 saturated carbocycles. The van der Waals surface area contributed by atoms with Gasteiger partial charge in [-0.05, 0) is 25.9 Å². The molecule has 5 atom stereocenters. The van der Waals surface area contributed by atoms with Gasteiger partial charge in [0.25, 0.3) is 0 Å². The van der Waals surface area contributed by atoms with E-state index in [1.807, 2.05) is 6.92 Å². The van der Waals surface area contributed by atoms with Crippen LogP contribution in [0.3, 0.4) is 0 Å². The van der Waals surface area contributed by atoms with E-state index in [0.29, 0.717) is 6.42 Å². The van der Waals surface area contributed by atoms with Crippen molar-refractivity contribution in [3.8, 4) is 0 Å². The van der Waals surface area contributed by atoms with Gasteiger partial charge in [-0.1, -0.05) is 6.92 Å². The molecule has 0 aliphatic carbocycles. The second kappa shape index (κ2) is 10.5. The van der Waals surface area contributed by atoms with Gasteiger partial charge in [0.1, 0.15) is 6.04 Å². The molecule has 0 aromatic carbocycles. The summed E-state index contributed by atoms with van der Waals surface area (Å²) in [6.07, 6.45) is 0.473. The number of carbonyl (C=O) groups excluding carboxylic acids is 3. The molecule has 0 rings (SSSR count). The fourth-order valence-corrected chi connectivity index (χ4v) is 1.58. The summed E-state index contributed by atoms with van der Waals surface area (Å²) in [7, 11) is 2.53. The predicted octanol–water partition coefficient (Wildman–Crippen LogP) is -5.27. The molecular formula is C11H21N3NaO4P. The second-order valence-electron chi connectivity index (χ2n) is 4.60. The number of carbonyl (C=O) groups is 3. The Hall–Kier alpha value is -0.200. The Balaban J connectivity index is 0. The molecule has 0 radical (unpaired) electrons. The number of hydrogen-bond acceptors (Lipinski definition) is 5. The van der Waals surface area contributed by atoms with E-state index in [1.165, 1.54) is 13.8 Å². The smallest absolute Gasteiger partial charge is 0.548 e. The Kier molecular flexibility index (Phi) is 11.6. The zero-order valence-electron chi connectivity index (χ0n) is 12.3. The van der Waals surface area contributed by atoms with Crippen LogP contribution in [0, 0.1) is 0 Å². The summed E-state index contributed by atoms with van der Waals surface area (Å²) in [4.78, 5) is 33.7. The monoisotopic (exact) mass is 313 g/mol. The van der Waals surface area contributed by atoms with Crippen molar-refractivity contribution in [3.05, 3.63) is 0 Å². The third kappa shape index (κ3) is 8.87. The van der Waals surface area contributed by atoms with Gasteiger partial charge in [0, 0.05) is 0 Å². The van der Waals surface area contributed by atoms with E-state index < -0.39 is 35.9 Å². The first kappa shape index (κ1) is 22.1. The zero-order chi connectivity index (χ0) is 15.2. The van der Waals surface area contributed by atoms with Crippen LogP contribution in [0.2, 0.25) is 0 Å². The van der Waals surface area contributed by atoms with E-state index in [4.69, 9.17) is 5.73 Å². The van der Waals surface area contributed by atoms with Gasteiger partial charge in [-0.15, -0.1) is 9.24 Å². The fourth-order valence-electron chi connectivity index (χ4n) is 1.29. The van der Waals surface area contributed by atoms with Crippen molar-refractivity contribution in [2.75, 3.05) is 0 Å². The Bertz CT molecular complexity index is 355. The van der Waals surface area contributed by atoms with Crippen LogP contribution in [0.25, 0.3) is 0 Å². The summed E-state index contributed by atoms with van der Waals surface area (Å²) >= 11 is 0. The maximum atomic E-state index is 11.7. The first-order chi connectivity index (χ1) is 8.65. The van der Waals surface area contributed by atoms with Crippen LogP contribution < -0.4 is 51.0 Å². The van der Waals surface area contributed by atoms with E-state index in [0.717, 1.165) is 0 Å². The first-order valence-electron chi connectivity index (χ1n) is 5.98. The minimum absolute atomic E-state index is 0. The Morgan fingerprint density at radius 1 is 1.10 bits per heavy atom. The van der Waals surface area contributed by atoms with Crippen molar-refractivity contribution < 1.29 is 49.0 Å². The molecule has 0 aromatic heterocycles. The van der Waals surface area contributed by atoms with Crippen LogP contribution in [-0.2, 0) is 14.4 Å². The third-order valence-electron chi connectivity index (χ3n) is 2.43. The molecular weight excluding hydrogens is 292 g/mol. The summed E-state index contributed by atoms with van der Waals surface area (Å²) in [6, 6.07) is -2.69. The molecule has 9 heteroatoms. The molecule has 110 valence electrons. The molecule has 0 spiro atoms. The largest absolute Gasteiger partial charge is 1.00 e. The van der Waals surface area contributed by atoms with E-state index in [1.54, 1.807) is 0 Å². The van der Waals surface area contributed by atoms with Gasteiger partial charge >= 0.3 is 29.6 Å². The van der Waals surface area contributed by atoms with Crippen molar-refractivity contribution in [2.45, 2.75) is 51.0 Å². The number of nitrogens with two attached hydrogens (primary N) is 1. The molecule has 7 nitrogen and oxygen atoms in total. The molecule has 2 amide bonds. The minimum Gasteiger partial charge on any atom is -0.548 e. The third-order valence-corrected chi connectivity index (χ3v) is 2.70. The zero-order valence-corrected chi connectivity index (χ0v) is 15.5. The molecule has 0 fully saturated rings. The number of nitrogens with one attached hydrogen (secondary N) is 2. The number of carboxylic acids is 1. The van der Waals surface area contributed by atoms with Gasteiger partial charge in [0.05, 0.1) is 18.1 Å². The standard InChI is InChI=1S/C11H22N3O4P.Na/c1-5(19)4-8(12)10(16)13-6(2)9(15)14-7(3)11(17)18;/h5-8H,4,12,19H2,1-3H3,(H,13,16)(H,14,15)(H,17,18);/q;+1/p-1/t5?,6-,7-,8?;/m0./s1. The van der Waals surface area contributed by atoms with Crippen molar-refractivity contribution in [2.24, 2.45) is 5.73 Å². The maximum absolute atomic E-state index is 11.7. The topological polar surface area (TPSA) is 124 Å². The maximum Gasteiger partial charge on any atom is 1.00 e. The summed E-state index contributed by atoms with van der Waals surface area (Å²) in [5, 5.41) is 15.1. The number of aliphatic carboxylic acids is 1. The van der Waals surface area contributed by atoms with E-state index in [-0.39, 0.29) is 35.2 Å². The summed E-state index contributed by atoms with van der Waals surface area (Å²) in [5.41, 5.74) is 5.84. The van der Waals surface area contributed by atoms with Crippen LogP contribution >= 0.6 is 9.24 Å².